The highest BCUT2D eigenvalue weighted by Gasteiger charge is 2.77. The maximum atomic E-state index is 10.4. The Kier molecular flexibility index (Phi) is 3.29. The van der Waals surface area contributed by atoms with Crippen molar-refractivity contribution < 1.29 is 5.11 Å². The van der Waals surface area contributed by atoms with E-state index in [4.69, 9.17) is 0 Å². The van der Waals surface area contributed by atoms with E-state index in [1.54, 1.807) is 0 Å². The molecule has 4 atom stereocenters. The highest BCUT2D eigenvalue weighted by atomic mass is 32.2. The van der Waals surface area contributed by atoms with E-state index in [0.717, 1.165) is 10.5 Å². The molecule has 1 N–H and O–H groups in total. The van der Waals surface area contributed by atoms with Crippen LogP contribution >= 0.6 is 23.5 Å². The first-order chi connectivity index (χ1) is 8.22. The van der Waals surface area contributed by atoms with Crippen LogP contribution < -0.4 is 0 Å². The van der Waals surface area contributed by atoms with Gasteiger partial charge in [0.15, 0.2) is 0 Å². The molecule has 0 saturated carbocycles. The third kappa shape index (κ3) is 2.08. The van der Waals surface area contributed by atoms with E-state index in [2.05, 4.69) is 30.8 Å². The lowest BCUT2D eigenvalue weighted by atomic mass is 9.87. The number of rotatable bonds is 7. The molecule has 1 aliphatic carbocycles. The zero-order valence-electron chi connectivity index (χ0n) is 10.5. The Balaban J connectivity index is 1.43. The van der Waals surface area contributed by atoms with Crippen molar-refractivity contribution in [1.82, 2.24) is 0 Å². The number of unbranched alkanes of at least 4 members (excludes halogenated alkanes) is 5. The van der Waals surface area contributed by atoms with Gasteiger partial charge in [0.25, 0.3) is 0 Å². The van der Waals surface area contributed by atoms with E-state index >= 15 is 0 Å². The van der Waals surface area contributed by atoms with Crippen LogP contribution in [0.5, 0.6) is 0 Å². The minimum absolute atomic E-state index is 0.210. The Hall–Kier alpha value is 0.400. The van der Waals surface area contributed by atoms with Crippen molar-refractivity contribution in [2.45, 2.75) is 72.0 Å². The second-order valence-corrected chi connectivity index (χ2v) is 8.47. The number of fused-ring (bicyclic) bond motifs is 3. The molecule has 0 radical (unpaired) electrons. The Morgan fingerprint density at radius 3 is 2.76 bits per heavy atom. The van der Waals surface area contributed by atoms with Gasteiger partial charge in [-0.3, -0.25) is 0 Å². The van der Waals surface area contributed by atoms with E-state index in [1.807, 2.05) is 11.8 Å². The van der Waals surface area contributed by atoms with Crippen LogP contribution in [0.3, 0.4) is 0 Å². The molecule has 3 rings (SSSR count). The molecule has 0 aromatic heterocycles. The lowest BCUT2D eigenvalue weighted by Crippen LogP contribution is -2.33. The molecule has 2 aliphatic heterocycles. The fourth-order valence-electron chi connectivity index (χ4n) is 3.10. The molecule has 0 amide bonds. The molecule has 3 heteroatoms. The molecule has 96 valence electrons. The Morgan fingerprint density at radius 1 is 1.18 bits per heavy atom. The lowest BCUT2D eigenvalue weighted by molar-refractivity contribution is 0.176. The summed E-state index contributed by atoms with van der Waals surface area (Å²) < 4.78 is 0.210. The van der Waals surface area contributed by atoms with Crippen LogP contribution in [0.4, 0.5) is 0 Å². The van der Waals surface area contributed by atoms with Gasteiger partial charge in [0.2, 0.25) is 0 Å². The molecule has 2 saturated heterocycles. The Labute approximate surface area is 113 Å². The molecule has 17 heavy (non-hydrogen) atoms. The summed E-state index contributed by atoms with van der Waals surface area (Å²) in [7, 11) is 0. The van der Waals surface area contributed by atoms with Gasteiger partial charge in [0.05, 0.1) is 4.75 Å². The van der Waals surface area contributed by atoms with E-state index in [0.29, 0.717) is 0 Å². The second kappa shape index (κ2) is 4.50. The van der Waals surface area contributed by atoms with E-state index in [9.17, 15) is 5.11 Å². The van der Waals surface area contributed by atoms with Crippen LogP contribution in [0.15, 0.2) is 12.2 Å². The minimum atomic E-state index is -0.485. The van der Waals surface area contributed by atoms with Crippen LogP contribution in [0, 0.1) is 0 Å². The average molecular weight is 270 g/mol. The maximum absolute atomic E-state index is 10.4. The van der Waals surface area contributed by atoms with Gasteiger partial charge >= 0.3 is 0 Å². The van der Waals surface area contributed by atoms with E-state index in [-0.39, 0.29) is 4.75 Å². The van der Waals surface area contributed by atoms with Crippen molar-refractivity contribution in [1.29, 1.82) is 0 Å². The first-order valence-electron chi connectivity index (χ1n) is 6.99. The normalized spacial score (nSPS) is 45.3. The van der Waals surface area contributed by atoms with Crippen molar-refractivity contribution >= 4 is 23.5 Å². The topological polar surface area (TPSA) is 20.2 Å². The Bertz CT molecular complexity index is 330. The first kappa shape index (κ1) is 12.4. The third-order valence-corrected chi connectivity index (χ3v) is 7.61. The van der Waals surface area contributed by atoms with Crippen molar-refractivity contribution in [2.24, 2.45) is 0 Å². The Morgan fingerprint density at radius 2 is 1.94 bits per heavy atom. The molecule has 2 heterocycles. The lowest BCUT2D eigenvalue weighted by Gasteiger charge is -2.18. The number of aliphatic hydroxyl groups is 1. The molecule has 3 aliphatic rings. The molecule has 1 nitrogen and oxygen atoms in total. The number of hydrogen-bond donors (Lipinski definition) is 1. The van der Waals surface area contributed by atoms with Crippen molar-refractivity contribution in [3.8, 4) is 0 Å². The van der Waals surface area contributed by atoms with Gasteiger partial charge < -0.3 is 5.11 Å². The van der Waals surface area contributed by atoms with Gasteiger partial charge in [0, 0.05) is 10.5 Å². The van der Waals surface area contributed by atoms with Gasteiger partial charge in [-0.2, -0.15) is 0 Å². The van der Waals surface area contributed by atoms with E-state index < -0.39 is 4.93 Å². The SMILES string of the molecule is CCCCCCCCC12SC1(O)C=CC1SC12. The molecular weight excluding hydrogens is 248 g/mol. The van der Waals surface area contributed by atoms with Crippen molar-refractivity contribution in [3.05, 3.63) is 12.2 Å². The fraction of sp³-hybridized carbons (Fsp3) is 0.857. The van der Waals surface area contributed by atoms with Gasteiger partial charge in [0.1, 0.15) is 4.93 Å². The largest absolute Gasteiger partial charge is 0.374 e. The minimum Gasteiger partial charge on any atom is -0.374 e. The third-order valence-electron chi connectivity index (χ3n) is 4.30. The predicted octanol–water partition coefficient (Wildman–Crippen LogP) is 3.97. The fourth-order valence-corrected chi connectivity index (χ4v) is 6.29. The van der Waals surface area contributed by atoms with Crippen LogP contribution in [0.2, 0.25) is 0 Å². The molecule has 0 bridgehead atoms. The summed E-state index contributed by atoms with van der Waals surface area (Å²) >= 11 is 3.87. The summed E-state index contributed by atoms with van der Waals surface area (Å²) in [5.74, 6) is 0. The monoisotopic (exact) mass is 270 g/mol. The highest BCUT2D eigenvalue weighted by Crippen LogP contribution is 2.77. The predicted molar refractivity (Wildman–Crippen MR) is 77.6 cm³/mol. The van der Waals surface area contributed by atoms with Crippen LogP contribution in [-0.2, 0) is 0 Å². The quantitative estimate of drug-likeness (QED) is 0.429. The van der Waals surface area contributed by atoms with Gasteiger partial charge in [-0.15, -0.1) is 23.5 Å². The van der Waals surface area contributed by atoms with E-state index in [1.165, 1.54) is 44.9 Å². The van der Waals surface area contributed by atoms with Crippen LogP contribution in [0.1, 0.15) is 51.9 Å². The first-order valence-corrected chi connectivity index (χ1v) is 8.75. The summed E-state index contributed by atoms with van der Waals surface area (Å²) in [4.78, 5) is -0.485. The number of thioether (sulfide) groups is 2. The second-order valence-electron chi connectivity index (χ2n) is 5.59. The van der Waals surface area contributed by atoms with Crippen molar-refractivity contribution in [3.63, 3.8) is 0 Å². The molecule has 0 spiro atoms. The summed E-state index contributed by atoms with van der Waals surface area (Å²) in [6.07, 6.45) is 13.6. The van der Waals surface area contributed by atoms with Crippen LogP contribution in [0.25, 0.3) is 0 Å². The number of hydrogen-bond acceptors (Lipinski definition) is 3. The zero-order chi connectivity index (χ0) is 11.9. The summed E-state index contributed by atoms with van der Waals surface area (Å²) in [5.41, 5.74) is 0. The van der Waals surface area contributed by atoms with Gasteiger partial charge in [-0.1, -0.05) is 51.5 Å². The van der Waals surface area contributed by atoms with Crippen molar-refractivity contribution in [2.75, 3.05) is 0 Å². The van der Waals surface area contributed by atoms with Crippen LogP contribution in [-0.4, -0.2) is 25.3 Å². The van der Waals surface area contributed by atoms with Gasteiger partial charge in [-0.25, -0.2) is 0 Å². The molecule has 2 fully saturated rings. The summed E-state index contributed by atoms with van der Waals surface area (Å²) in [6.45, 7) is 2.26. The van der Waals surface area contributed by atoms with Gasteiger partial charge in [-0.05, 0) is 12.5 Å². The standard InChI is InChI=1S/C14H22OS2/c1-2-3-4-5-6-7-9-13-12-11(16-12)8-10-14(13,15)17-13/h8,10-12,15H,2-7,9H2,1H3. The molecular formula is C14H22OS2. The molecule has 4 unspecified atom stereocenters. The zero-order valence-corrected chi connectivity index (χ0v) is 12.2. The molecule has 0 aromatic carbocycles. The smallest absolute Gasteiger partial charge is 0.145 e. The summed E-state index contributed by atoms with van der Waals surface area (Å²) in [6, 6.07) is 0. The highest BCUT2D eigenvalue weighted by molar-refractivity contribution is 8.14. The average Bonchev–Trinajstić information content (AvgIpc) is 3.16. The maximum Gasteiger partial charge on any atom is 0.145 e. The molecule has 0 aromatic rings. The summed E-state index contributed by atoms with van der Waals surface area (Å²) in [5, 5.41) is 11.8.